The van der Waals surface area contributed by atoms with Crippen molar-refractivity contribution in [1.29, 1.82) is 0 Å². The van der Waals surface area contributed by atoms with Gasteiger partial charge in [0.25, 0.3) is 0 Å². The Balaban J connectivity index is 1.96. The van der Waals surface area contributed by atoms with Gasteiger partial charge in [-0.15, -0.1) is 0 Å². The third-order valence-electron chi connectivity index (χ3n) is 2.89. The number of nitrogens with one attached hydrogen (secondary N) is 1. The number of aromatic nitrogens is 2. The average Bonchev–Trinajstić information content (AvgIpc) is 2.54. The fraction of sp³-hybridized carbons (Fsp3) is 0.364. The summed E-state index contributed by atoms with van der Waals surface area (Å²) in [4.78, 5) is 4.45. The molecule has 4 heteroatoms. The molecule has 1 aliphatic rings. The van der Waals surface area contributed by atoms with Crippen LogP contribution in [0.4, 0.5) is 0 Å². The molecule has 0 radical (unpaired) electrons. The van der Waals surface area contributed by atoms with Crippen molar-refractivity contribution in [3.05, 3.63) is 29.0 Å². The van der Waals surface area contributed by atoms with E-state index in [1.807, 2.05) is 6.20 Å². The molecule has 1 saturated heterocycles. The summed E-state index contributed by atoms with van der Waals surface area (Å²) in [5.41, 5.74) is 1.09. The summed E-state index contributed by atoms with van der Waals surface area (Å²) in [7, 11) is 0. The average molecular weight is 266 g/mol. The van der Waals surface area contributed by atoms with Crippen LogP contribution < -0.4 is 5.32 Å². The second-order valence-corrected chi connectivity index (χ2v) is 4.97. The first-order valence-corrected chi connectivity index (χ1v) is 5.93. The van der Waals surface area contributed by atoms with Crippen molar-refractivity contribution < 1.29 is 0 Å². The first kappa shape index (κ1) is 9.36. The van der Waals surface area contributed by atoms with E-state index < -0.39 is 0 Å². The van der Waals surface area contributed by atoms with E-state index in [1.54, 1.807) is 0 Å². The molecule has 2 aromatic rings. The van der Waals surface area contributed by atoms with Crippen LogP contribution in [0.25, 0.3) is 11.0 Å². The summed E-state index contributed by atoms with van der Waals surface area (Å²) in [6, 6.07) is 4.23. The highest BCUT2D eigenvalue weighted by molar-refractivity contribution is 9.10. The molecule has 1 N–H and O–H groups in total. The van der Waals surface area contributed by atoms with Crippen molar-refractivity contribution in [3.8, 4) is 0 Å². The van der Waals surface area contributed by atoms with Gasteiger partial charge in [-0.05, 0) is 28.1 Å². The van der Waals surface area contributed by atoms with Crippen molar-refractivity contribution in [2.45, 2.75) is 6.54 Å². The minimum Gasteiger partial charge on any atom is -0.332 e. The number of hydrogen-bond acceptors (Lipinski definition) is 2. The maximum Gasteiger partial charge on any atom is 0.139 e. The molecule has 2 aromatic heterocycles. The molecule has 15 heavy (non-hydrogen) atoms. The first-order valence-electron chi connectivity index (χ1n) is 5.14. The Morgan fingerprint density at radius 2 is 2.40 bits per heavy atom. The third kappa shape index (κ3) is 1.68. The molecule has 3 nitrogen and oxygen atoms in total. The number of nitrogens with zero attached hydrogens (tertiary/aromatic N) is 2. The Labute approximate surface area is 96.6 Å². The highest BCUT2D eigenvalue weighted by atomic mass is 79.9. The summed E-state index contributed by atoms with van der Waals surface area (Å²) < 4.78 is 3.28. The Hall–Kier alpha value is -0.870. The molecule has 1 fully saturated rings. The quantitative estimate of drug-likeness (QED) is 0.901. The first-order chi connectivity index (χ1) is 7.33. The molecule has 0 aromatic carbocycles. The van der Waals surface area contributed by atoms with Crippen molar-refractivity contribution in [2.75, 3.05) is 13.1 Å². The summed E-state index contributed by atoms with van der Waals surface area (Å²) in [6.45, 7) is 3.34. The van der Waals surface area contributed by atoms with Crippen LogP contribution in [-0.4, -0.2) is 22.6 Å². The van der Waals surface area contributed by atoms with E-state index in [2.05, 4.69) is 49.1 Å². The second-order valence-electron chi connectivity index (χ2n) is 4.06. The van der Waals surface area contributed by atoms with Gasteiger partial charge in [-0.25, -0.2) is 4.98 Å². The Morgan fingerprint density at radius 3 is 3.13 bits per heavy atom. The Morgan fingerprint density at radius 1 is 1.53 bits per heavy atom. The number of rotatable bonds is 2. The fourth-order valence-electron chi connectivity index (χ4n) is 1.95. The number of fused-ring (bicyclic) bond motifs is 1. The van der Waals surface area contributed by atoms with Crippen molar-refractivity contribution in [1.82, 2.24) is 14.9 Å². The summed E-state index contributed by atoms with van der Waals surface area (Å²) >= 11 is 3.44. The lowest BCUT2D eigenvalue weighted by atomic mass is 10.0. The van der Waals surface area contributed by atoms with Gasteiger partial charge in [0.15, 0.2) is 0 Å². The van der Waals surface area contributed by atoms with Gasteiger partial charge in [0.05, 0.1) is 0 Å². The fourth-order valence-corrected chi connectivity index (χ4v) is 2.30. The smallest absolute Gasteiger partial charge is 0.139 e. The molecule has 1 aliphatic heterocycles. The van der Waals surface area contributed by atoms with Crippen LogP contribution >= 0.6 is 15.9 Å². The summed E-state index contributed by atoms with van der Waals surface area (Å²) in [6.07, 6.45) is 3.99. The molecule has 3 rings (SSSR count). The highest BCUT2D eigenvalue weighted by Gasteiger charge is 2.17. The minimum atomic E-state index is 0.769. The van der Waals surface area contributed by atoms with E-state index in [0.717, 1.165) is 35.7 Å². The lowest BCUT2D eigenvalue weighted by Gasteiger charge is -2.27. The van der Waals surface area contributed by atoms with Crippen LogP contribution in [0.5, 0.6) is 0 Å². The zero-order valence-electron chi connectivity index (χ0n) is 8.28. The minimum absolute atomic E-state index is 0.769. The van der Waals surface area contributed by atoms with Gasteiger partial charge in [0, 0.05) is 47.8 Å². The predicted octanol–water partition coefficient (Wildman–Crippen LogP) is 2.02. The van der Waals surface area contributed by atoms with Crippen LogP contribution in [-0.2, 0) is 6.54 Å². The molecular formula is C11H12BrN3. The van der Waals surface area contributed by atoms with Crippen LogP contribution in [0.3, 0.4) is 0 Å². The zero-order chi connectivity index (χ0) is 10.3. The van der Waals surface area contributed by atoms with Crippen LogP contribution in [0, 0.1) is 5.92 Å². The maximum atomic E-state index is 4.45. The molecule has 0 spiro atoms. The summed E-state index contributed by atoms with van der Waals surface area (Å²) in [5.74, 6) is 0.769. The number of halogens is 1. The third-order valence-corrected chi connectivity index (χ3v) is 3.32. The Kier molecular flexibility index (Phi) is 2.25. The van der Waals surface area contributed by atoms with E-state index in [9.17, 15) is 0 Å². The second kappa shape index (κ2) is 3.61. The van der Waals surface area contributed by atoms with Crippen LogP contribution in [0.15, 0.2) is 29.0 Å². The van der Waals surface area contributed by atoms with Gasteiger partial charge in [0.1, 0.15) is 5.65 Å². The Bertz CT molecular complexity index is 488. The normalized spacial score (nSPS) is 16.9. The van der Waals surface area contributed by atoms with E-state index >= 15 is 0 Å². The van der Waals surface area contributed by atoms with E-state index in [-0.39, 0.29) is 0 Å². The molecule has 0 amide bonds. The van der Waals surface area contributed by atoms with Crippen molar-refractivity contribution in [2.24, 2.45) is 5.92 Å². The van der Waals surface area contributed by atoms with Gasteiger partial charge in [-0.2, -0.15) is 0 Å². The van der Waals surface area contributed by atoms with Crippen molar-refractivity contribution >= 4 is 27.0 Å². The van der Waals surface area contributed by atoms with Crippen LogP contribution in [0.2, 0.25) is 0 Å². The van der Waals surface area contributed by atoms with E-state index in [0.29, 0.717) is 0 Å². The van der Waals surface area contributed by atoms with E-state index in [4.69, 9.17) is 0 Å². The number of pyridine rings is 1. The van der Waals surface area contributed by atoms with Gasteiger partial charge < -0.3 is 9.88 Å². The lowest BCUT2D eigenvalue weighted by Crippen LogP contribution is -2.44. The molecule has 0 bridgehead atoms. The zero-order valence-corrected chi connectivity index (χ0v) is 9.87. The monoisotopic (exact) mass is 265 g/mol. The highest BCUT2D eigenvalue weighted by Crippen LogP contribution is 2.19. The number of hydrogen-bond donors (Lipinski definition) is 1. The molecule has 0 unspecified atom stereocenters. The lowest BCUT2D eigenvalue weighted by molar-refractivity contribution is 0.310. The van der Waals surface area contributed by atoms with E-state index in [1.165, 1.54) is 5.39 Å². The molecule has 3 heterocycles. The molecule has 0 aliphatic carbocycles. The predicted molar refractivity (Wildman–Crippen MR) is 63.8 cm³/mol. The van der Waals surface area contributed by atoms with Gasteiger partial charge in [0.2, 0.25) is 0 Å². The van der Waals surface area contributed by atoms with Gasteiger partial charge in [-0.3, -0.25) is 0 Å². The molecule has 78 valence electrons. The molecule has 0 saturated carbocycles. The largest absolute Gasteiger partial charge is 0.332 e. The maximum absolute atomic E-state index is 4.45. The van der Waals surface area contributed by atoms with Crippen LogP contribution in [0.1, 0.15) is 0 Å². The topological polar surface area (TPSA) is 29.9 Å². The van der Waals surface area contributed by atoms with Gasteiger partial charge in [-0.1, -0.05) is 0 Å². The molecular weight excluding hydrogens is 254 g/mol. The van der Waals surface area contributed by atoms with Gasteiger partial charge >= 0.3 is 0 Å². The standard InChI is InChI=1S/C11H12BrN3/c12-10-3-9-1-2-15(11(9)14-6-10)7-8-4-13-5-8/h1-3,6,8,13H,4-5,7H2. The van der Waals surface area contributed by atoms with Crippen molar-refractivity contribution in [3.63, 3.8) is 0 Å². The SMILES string of the molecule is Brc1cnc2c(ccn2CC2CNC2)c1. The molecule has 0 atom stereocenters. The summed E-state index contributed by atoms with van der Waals surface area (Å²) in [5, 5.41) is 4.49.